The second-order valence-electron chi connectivity index (χ2n) is 4.93. The zero-order chi connectivity index (χ0) is 15.4. The van der Waals surface area contributed by atoms with E-state index in [1.807, 2.05) is 32.0 Å². The van der Waals surface area contributed by atoms with Crippen molar-refractivity contribution in [2.24, 2.45) is 0 Å². The van der Waals surface area contributed by atoms with Crippen molar-refractivity contribution in [3.63, 3.8) is 0 Å². The van der Waals surface area contributed by atoms with Gasteiger partial charge in [0.1, 0.15) is 5.75 Å². The second kappa shape index (κ2) is 6.54. The van der Waals surface area contributed by atoms with Gasteiger partial charge in [-0.05, 0) is 55.3 Å². The van der Waals surface area contributed by atoms with Crippen molar-refractivity contribution in [2.45, 2.75) is 18.7 Å². The average Bonchev–Trinajstić information content (AvgIpc) is 2.44. The number of nitrogens with one attached hydrogen (secondary N) is 1. The van der Waals surface area contributed by atoms with Crippen molar-refractivity contribution in [3.05, 3.63) is 53.6 Å². The van der Waals surface area contributed by atoms with Crippen molar-refractivity contribution < 1.29 is 9.00 Å². The van der Waals surface area contributed by atoms with Crippen LogP contribution < -0.4 is 11.1 Å². The Hall–Kier alpha value is -2.14. The van der Waals surface area contributed by atoms with Gasteiger partial charge < -0.3 is 11.1 Å². The van der Waals surface area contributed by atoms with Crippen molar-refractivity contribution in [2.75, 3.05) is 16.8 Å². The quantitative estimate of drug-likeness (QED) is 0.853. The van der Waals surface area contributed by atoms with Crippen molar-refractivity contribution in [3.8, 4) is 0 Å². The molecule has 3 N–H and O–H groups in total. The van der Waals surface area contributed by atoms with Gasteiger partial charge in [0, 0.05) is 16.3 Å². The van der Waals surface area contributed by atoms with Crippen LogP contribution in [0.25, 0.3) is 0 Å². The minimum atomic E-state index is -1.35. The van der Waals surface area contributed by atoms with Crippen LogP contribution >= 0.6 is 0 Å². The maximum atomic E-state index is 12.3. The van der Waals surface area contributed by atoms with E-state index < -0.39 is 10.8 Å². The molecule has 1 amide bonds. The molecule has 0 saturated carbocycles. The number of nitrogens with two attached hydrogens (primary N) is 1. The van der Waals surface area contributed by atoms with Crippen molar-refractivity contribution >= 4 is 28.1 Å². The molecule has 0 bridgehead atoms. The number of nitrogen functional groups attached to an aromatic ring is 1. The number of carbonyl (C=O) groups excluding carboxylic acids is 1. The van der Waals surface area contributed by atoms with E-state index in [1.54, 1.807) is 24.3 Å². The van der Waals surface area contributed by atoms with Crippen LogP contribution in [0.15, 0.2) is 47.4 Å². The summed E-state index contributed by atoms with van der Waals surface area (Å²) in [7, 11) is -1.35. The van der Waals surface area contributed by atoms with Crippen LogP contribution in [0.2, 0.25) is 0 Å². The van der Waals surface area contributed by atoms with E-state index in [9.17, 15) is 9.00 Å². The molecule has 0 aliphatic heterocycles. The molecule has 0 aromatic heterocycles. The van der Waals surface area contributed by atoms with Crippen molar-refractivity contribution in [1.82, 2.24) is 0 Å². The Morgan fingerprint density at radius 2 is 1.81 bits per heavy atom. The summed E-state index contributed by atoms with van der Waals surface area (Å²) in [5.41, 5.74) is 8.82. The Labute approximate surface area is 126 Å². The Morgan fingerprint density at radius 3 is 2.48 bits per heavy atom. The summed E-state index contributed by atoms with van der Waals surface area (Å²) in [6.45, 7) is 3.83. The third kappa shape index (κ3) is 4.16. The van der Waals surface area contributed by atoms with E-state index in [0.717, 1.165) is 11.1 Å². The predicted octanol–water partition coefficient (Wildman–Crippen LogP) is 2.63. The lowest BCUT2D eigenvalue weighted by atomic mass is 10.2. The third-order valence-corrected chi connectivity index (χ3v) is 4.50. The van der Waals surface area contributed by atoms with E-state index in [2.05, 4.69) is 5.32 Å². The van der Waals surface area contributed by atoms with Crippen LogP contribution in [0.5, 0.6) is 0 Å². The van der Waals surface area contributed by atoms with E-state index in [1.165, 1.54) is 0 Å². The van der Waals surface area contributed by atoms with E-state index in [-0.39, 0.29) is 11.7 Å². The summed E-state index contributed by atoms with van der Waals surface area (Å²) in [4.78, 5) is 12.7. The van der Waals surface area contributed by atoms with Gasteiger partial charge in [0.15, 0.2) is 0 Å². The minimum absolute atomic E-state index is 0.0608. The topological polar surface area (TPSA) is 72.2 Å². The van der Waals surface area contributed by atoms with Crippen LogP contribution in [-0.4, -0.2) is 15.9 Å². The summed E-state index contributed by atoms with van der Waals surface area (Å²) in [6.07, 6.45) is 0. The molecular formula is C16H18N2O2S. The fraction of sp³-hybridized carbons (Fsp3) is 0.188. The summed E-state index contributed by atoms with van der Waals surface area (Å²) in [6, 6.07) is 12.6. The third-order valence-electron chi connectivity index (χ3n) is 3.05. The molecule has 4 nitrogen and oxygen atoms in total. The summed E-state index contributed by atoms with van der Waals surface area (Å²) in [5.74, 6) is -0.340. The number of benzene rings is 2. The highest BCUT2D eigenvalue weighted by molar-refractivity contribution is 7.85. The molecule has 5 heteroatoms. The molecule has 1 unspecified atom stereocenters. The Morgan fingerprint density at radius 1 is 1.14 bits per heavy atom. The lowest BCUT2D eigenvalue weighted by Gasteiger charge is -2.08. The van der Waals surface area contributed by atoms with Crippen LogP contribution in [0.4, 0.5) is 11.4 Å². The van der Waals surface area contributed by atoms with E-state index in [0.29, 0.717) is 16.3 Å². The number of carbonyl (C=O) groups is 1. The smallest absolute Gasteiger partial charge is 0.237 e. The number of hydrogen-bond acceptors (Lipinski definition) is 3. The minimum Gasteiger partial charge on any atom is -0.399 e. The number of hydrogen-bond donors (Lipinski definition) is 2. The van der Waals surface area contributed by atoms with Gasteiger partial charge in [-0.1, -0.05) is 12.1 Å². The first-order chi connectivity index (χ1) is 9.95. The van der Waals surface area contributed by atoms with E-state index in [4.69, 9.17) is 5.73 Å². The molecule has 21 heavy (non-hydrogen) atoms. The molecule has 0 radical (unpaired) electrons. The SMILES string of the molecule is Cc1ccc(C)c(S(=O)CC(=O)Nc2ccc(N)cc2)c1. The molecule has 110 valence electrons. The highest BCUT2D eigenvalue weighted by Gasteiger charge is 2.12. The molecule has 2 aromatic rings. The monoisotopic (exact) mass is 302 g/mol. The Balaban J connectivity index is 2.03. The highest BCUT2D eigenvalue weighted by Crippen LogP contribution is 2.16. The van der Waals surface area contributed by atoms with Gasteiger partial charge in [0.2, 0.25) is 5.91 Å². The molecule has 2 rings (SSSR count). The molecule has 0 aliphatic rings. The van der Waals surface area contributed by atoms with Gasteiger partial charge in [-0.15, -0.1) is 0 Å². The van der Waals surface area contributed by atoms with Crippen LogP contribution in [0.1, 0.15) is 11.1 Å². The van der Waals surface area contributed by atoms with Gasteiger partial charge in [0.25, 0.3) is 0 Å². The summed E-state index contributed by atoms with van der Waals surface area (Å²) < 4.78 is 12.3. The molecule has 2 aromatic carbocycles. The molecule has 0 heterocycles. The first-order valence-electron chi connectivity index (χ1n) is 6.57. The maximum absolute atomic E-state index is 12.3. The first kappa shape index (κ1) is 15.3. The summed E-state index contributed by atoms with van der Waals surface area (Å²) in [5, 5.41) is 2.72. The van der Waals surface area contributed by atoms with Crippen LogP contribution in [0, 0.1) is 13.8 Å². The largest absolute Gasteiger partial charge is 0.399 e. The number of amides is 1. The van der Waals surface area contributed by atoms with Crippen LogP contribution in [-0.2, 0) is 15.6 Å². The lowest BCUT2D eigenvalue weighted by molar-refractivity contribution is -0.113. The second-order valence-corrected chi connectivity index (χ2v) is 6.35. The first-order valence-corrected chi connectivity index (χ1v) is 7.88. The predicted molar refractivity (Wildman–Crippen MR) is 86.7 cm³/mol. The average molecular weight is 302 g/mol. The molecular weight excluding hydrogens is 284 g/mol. The molecule has 0 spiro atoms. The Kier molecular flexibility index (Phi) is 4.75. The lowest BCUT2D eigenvalue weighted by Crippen LogP contribution is -2.20. The standard InChI is InChI=1S/C16H18N2O2S/c1-11-3-4-12(2)15(9-11)21(20)10-16(19)18-14-7-5-13(17)6-8-14/h3-9H,10,17H2,1-2H3,(H,18,19). The number of aryl methyl sites for hydroxylation is 2. The fourth-order valence-electron chi connectivity index (χ4n) is 1.91. The van der Waals surface area contributed by atoms with Crippen molar-refractivity contribution in [1.29, 1.82) is 0 Å². The molecule has 0 fully saturated rings. The molecule has 1 atom stereocenters. The highest BCUT2D eigenvalue weighted by atomic mass is 32.2. The van der Waals surface area contributed by atoms with Gasteiger partial charge in [-0.25, -0.2) is 0 Å². The number of rotatable bonds is 4. The van der Waals surface area contributed by atoms with Crippen LogP contribution in [0.3, 0.4) is 0 Å². The zero-order valence-corrected chi connectivity index (χ0v) is 12.9. The summed E-state index contributed by atoms with van der Waals surface area (Å²) >= 11 is 0. The fourth-order valence-corrected chi connectivity index (χ4v) is 3.12. The number of anilines is 2. The normalized spacial score (nSPS) is 11.9. The Bertz CT molecular complexity index is 681. The zero-order valence-electron chi connectivity index (χ0n) is 12.1. The molecule has 0 saturated heterocycles. The molecule has 0 aliphatic carbocycles. The van der Waals surface area contributed by atoms with E-state index >= 15 is 0 Å². The van der Waals surface area contributed by atoms with Gasteiger partial charge in [0.05, 0.1) is 10.8 Å². The van der Waals surface area contributed by atoms with Gasteiger partial charge in [-0.3, -0.25) is 9.00 Å². The maximum Gasteiger partial charge on any atom is 0.237 e. The van der Waals surface area contributed by atoms with Gasteiger partial charge in [-0.2, -0.15) is 0 Å². The van der Waals surface area contributed by atoms with Gasteiger partial charge >= 0.3 is 0 Å².